The number of carbonyl (C=O) groups is 1. The van der Waals surface area contributed by atoms with Crippen molar-refractivity contribution in [1.82, 2.24) is 14.9 Å². The summed E-state index contributed by atoms with van der Waals surface area (Å²) < 4.78 is 3.07. The zero-order chi connectivity index (χ0) is 17.9. The van der Waals surface area contributed by atoms with Gasteiger partial charge < -0.3 is 15.7 Å². The number of hydrogen-bond acceptors (Lipinski definition) is 4. The van der Waals surface area contributed by atoms with E-state index in [0.29, 0.717) is 12.2 Å². The average molecular weight is 346 g/mol. The second-order valence-electron chi connectivity index (χ2n) is 8.20. The van der Waals surface area contributed by atoms with E-state index >= 15 is 0 Å². The molecule has 3 heterocycles. The summed E-state index contributed by atoms with van der Waals surface area (Å²) in [6.45, 7) is 7.42. The fraction of sp³-hybridized carbons (Fsp3) is 0.588. The molecule has 1 fully saturated rings. The summed E-state index contributed by atoms with van der Waals surface area (Å²) in [6.07, 6.45) is 2.59. The minimum atomic E-state index is -0.521. The number of anilines is 1. The number of fused-ring (bicyclic) bond motifs is 3. The minimum absolute atomic E-state index is 0.110. The van der Waals surface area contributed by atoms with Gasteiger partial charge in [0, 0.05) is 19.0 Å². The molecule has 0 unspecified atom stereocenters. The topological polar surface area (TPSA) is 103 Å². The molecule has 0 bridgehead atoms. The summed E-state index contributed by atoms with van der Waals surface area (Å²) in [5.41, 5.74) is 0.729. The van der Waals surface area contributed by atoms with Gasteiger partial charge in [-0.2, -0.15) is 4.57 Å². The molecule has 0 aromatic carbocycles. The fourth-order valence-electron chi connectivity index (χ4n) is 3.36. The van der Waals surface area contributed by atoms with Crippen LogP contribution in [0, 0.1) is 5.41 Å². The van der Waals surface area contributed by atoms with Gasteiger partial charge in [0.25, 0.3) is 5.91 Å². The van der Waals surface area contributed by atoms with E-state index in [-0.39, 0.29) is 22.9 Å². The number of nitrogens with zero attached hydrogens (tertiary/aromatic N) is 2. The van der Waals surface area contributed by atoms with Crippen LogP contribution in [0.5, 0.6) is 5.88 Å². The van der Waals surface area contributed by atoms with Crippen LogP contribution in [0.1, 0.15) is 49.5 Å². The Labute approximate surface area is 144 Å². The van der Waals surface area contributed by atoms with Gasteiger partial charge in [-0.05, 0) is 18.3 Å². The summed E-state index contributed by atoms with van der Waals surface area (Å²) in [5.74, 6) is 0.00969. The van der Waals surface area contributed by atoms with Gasteiger partial charge in [0.05, 0.1) is 12.1 Å². The molecular formula is C17H24N5O3+. The van der Waals surface area contributed by atoms with Gasteiger partial charge in [0.1, 0.15) is 5.82 Å². The van der Waals surface area contributed by atoms with Crippen molar-refractivity contribution >= 4 is 17.4 Å². The molecule has 25 heavy (non-hydrogen) atoms. The number of aromatic amines is 1. The standard InChI is InChI=1S/C17H23N5O3/c1-17(2,3)8-21-14-10-6-7-18-12(10)20-22(14)16(25)11(15(21)24)13(23)19-9-4-5-9/h9H,4-8H2,1-3H3,(H3,18,19,20,23,24,25)/p+1. The van der Waals surface area contributed by atoms with E-state index < -0.39 is 11.5 Å². The molecule has 4 N–H and O–H groups in total. The number of carbonyl (C=O) groups excluding carboxylic acids is 1. The Balaban J connectivity index is 1.97. The lowest BCUT2D eigenvalue weighted by Crippen LogP contribution is -2.47. The van der Waals surface area contributed by atoms with Crippen LogP contribution in [0.15, 0.2) is 4.79 Å². The maximum absolute atomic E-state index is 12.9. The predicted octanol–water partition coefficient (Wildman–Crippen LogP) is 0.527. The lowest BCUT2D eigenvalue weighted by atomic mass is 9.96. The lowest BCUT2D eigenvalue weighted by Gasteiger charge is -2.18. The maximum atomic E-state index is 12.9. The van der Waals surface area contributed by atoms with Crippen molar-refractivity contribution in [2.75, 3.05) is 11.9 Å². The Kier molecular flexibility index (Phi) is 3.35. The Hall–Kier alpha value is -2.51. The van der Waals surface area contributed by atoms with Gasteiger partial charge in [-0.1, -0.05) is 25.3 Å². The number of rotatable bonds is 3. The fourth-order valence-corrected chi connectivity index (χ4v) is 3.36. The summed E-state index contributed by atoms with van der Waals surface area (Å²) in [7, 11) is 0. The molecule has 0 radical (unpaired) electrons. The number of nitrogens with one attached hydrogen (secondary N) is 3. The quantitative estimate of drug-likeness (QED) is 0.609. The average Bonchev–Trinajstić information content (AvgIpc) is 3.06. The SMILES string of the molecule is CC(C)(C)C[n+]1c(O)c(C(=O)NC2CC2)c(=O)n2[nH]c3c(c21)CCN3. The van der Waals surface area contributed by atoms with Crippen molar-refractivity contribution in [1.29, 1.82) is 0 Å². The molecule has 2 aliphatic rings. The largest absolute Gasteiger partial charge is 0.477 e. The third-order valence-corrected chi connectivity index (χ3v) is 4.61. The third-order valence-electron chi connectivity index (χ3n) is 4.61. The van der Waals surface area contributed by atoms with Crippen LogP contribution in [-0.4, -0.2) is 33.2 Å². The molecule has 1 aliphatic heterocycles. The Morgan fingerprint density at radius 2 is 2.12 bits per heavy atom. The van der Waals surface area contributed by atoms with E-state index in [2.05, 4.69) is 36.5 Å². The number of hydrogen-bond donors (Lipinski definition) is 4. The highest BCUT2D eigenvalue weighted by Gasteiger charge is 2.37. The van der Waals surface area contributed by atoms with Crippen LogP contribution in [0.25, 0.3) is 5.65 Å². The van der Waals surface area contributed by atoms with Crippen molar-refractivity contribution in [3.8, 4) is 5.88 Å². The monoisotopic (exact) mass is 346 g/mol. The molecule has 0 saturated heterocycles. The normalized spacial score (nSPS) is 16.8. The van der Waals surface area contributed by atoms with E-state index in [1.807, 2.05) is 0 Å². The Morgan fingerprint density at radius 1 is 1.40 bits per heavy atom. The van der Waals surface area contributed by atoms with Gasteiger partial charge in [-0.3, -0.25) is 4.79 Å². The molecule has 1 saturated carbocycles. The first kappa shape index (κ1) is 16.0. The lowest BCUT2D eigenvalue weighted by molar-refractivity contribution is -0.692. The van der Waals surface area contributed by atoms with Crippen molar-refractivity contribution in [2.24, 2.45) is 5.41 Å². The summed E-state index contributed by atoms with van der Waals surface area (Å²) in [4.78, 5) is 25.4. The van der Waals surface area contributed by atoms with E-state index in [0.717, 1.165) is 37.2 Å². The molecule has 8 heteroatoms. The molecule has 8 nitrogen and oxygen atoms in total. The van der Waals surface area contributed by atoms with E-state index in [1.165, 1.54) is 4.52 Å². The van der Waals surface area contributed by atoms with Gasteiger partial charge in [0.15, 0.2) is 0 Å². The molecule has 2 aromatic heterocycles. The van der Waals surface area contributed by atoms with Gasteiger partial charge in [-0.25, -0.2) is 9.89 Å². The molecule has 1 amide bonds. The molecule has 0 atom stereocenters. The zero-order valence-electron chi connectivity index (χ0n) is 14.8. The van der Waals surface area contributed by atoms with Gasteiger partial charge in [0.2, 0.25) is 5.56 Å². The molecule has 4 rings (SSSR count). The maximum Gasteiger partial charge on any atom is 0.378 e. The molecule has 134 valence electrons. The highest BCUT2D eigenvalue weighted by molar-refractivity contribution is 5.96. The smallest absolute Gasteiger partial charge is 0.378 e. The zero-order valence-corrected chi connectivity index (χ0v) is 14.8. The Morgan fingerprint density at radius 3 is 2.76 bits per heavy atom. The first-order chi connectivity index (χ1) is 11.8. The van der Waals surface area contributed by atoms with Crippen LogP contribution in [-0.2, 0) is 13.0 Å². The van der Waals surface area contributed by atoms with Crippen LogP contribution >= 0.6 is 0 Å². The van der Waals surface area contributed by atoms with Crippen molar-refractivity contribution in [3.05, 3.63) is 21.5 Å². The van der Waals surface area contributed by atoms with Crippen molar-refractivity contribution in [3.63, 3.8) is 0 Å². The molecule has 0 spiro atoms. The van der Waals surface area contributed by atoms with Crippen LogP contribution in [0.3, 0.4) is 0 Å². The van der Waals surface area contributed by atoms with Crippen LogP contribution in [0.4, 0.5) is 5.82 Å². The van der Waals surface area contributed by atoms with Gasteiger partial charge in [-0.15, -0.1) is 0 Å². The number of H-pyrrole nitrogens is 1. The second kappa shape index (κ2) is 5.24. The molecular weight excluding hydrogens is 322 g/mol. The van der Waals surface area contributed by atoms with Crippen molar-refractivity contribution in [2.45, 2.75) is 52.6 Å². The van der Waals surface area contributed by atoms with Crippen LogP contribution < -0.4 is 20.8 Å². The predicted molar refractivity (Wildman–Crippen MR) is 92.0 cm³/mol. The number of aromatic hydroxyl groups is 1. The highest BCUT2D eigenvalue weighted by Crippen LogP contribution is 2.26. The van der Waals surface area contributed by atoms with Gasteiger partial charge >= 0.3 is 17.1 Å². The number of aromatic nitrogens is 3. The van der Waals surface area contributed by atoms with E-state index in [9.17, 15) is 14.7 Å². The second-order valence-corrected chi connectivity index (χ2v) is 8.20. The number of amides is 1. The van der Waals surface area contributed by atoms with Crippen molar-refractivity contribution < 1.29 is 14.5 Å². The van der Waals surface area contributed by atoms with E-state index in [4.69, 9.17) is 0 Å². The first-order valence-electron chi connectivity index (χ1n) is 8.73. The van der Waals surface area contributed by atoms with E-state index in [1.54, 1.807) is 4.57 Å². The Bertz CT molecular complexity index is 931. The third kappa shape index (κ3) is 2.65. The molecule has 2 aromatic rings. The van der Waals surface area contributed by atoms with Crippen LogP contribution in [0.2, 0.25) is 0 Å². The summed E-state index contributed by atoms with van der Waals surface area (Å²) in [5, 5.41) is 19.9. The minimum Gasteiger partial charge on any atom is -0.477 e. The first-order valence-corrected chi connectivity index (χ1v) is 8.73. The molecule has 1 aliphatic carbocycles. The highest BCUT2D eigenvalue weighted by atomic mass is 16.3. The summed E-state index contributed by atoms with van der Waals surface area (Å²) in [6, 6.07) is 0.110. The summed E-state index contributed by atoms with van der Waals surface area (Å²) >= 11 is 0.